The van der Waals surface area contributed by atoms with Crippen LogP contribution in [-0.2, 0) is 0 Å². The third-order valence-electron chi connectivity index (χ3n) is 2.14. The van der Waals surface area contributed by atoms with Crippen molar-refractivity contribution in [2.24, 2.45) is 0 Å². The van der Waals surface area contributed by atoms with Gasteiger partial charge in [-0.2, -0.15) is 5.26 Å². The second kappa shape index (κ2) is 4.33. The maximum Gasteiger partial charge on any atom is 0.127 e. The molecule has 4 heteroatoms. The smallest absolute Gasteiger partial charge is 0.127 e. The molecule has 0 unspecified atom stereocenters. The van der Waals surface area contributed by atoms with Gasteiger partial charge < -0.3 is 4.74 Å². The fourth-order valence-corrected chi connectivity index (χ4v) is 2.24. The van der Waals surface area contributed by atoms with Crippen LogP contribution in [0.5, 0.6) is 5.75 Å². The number of nitrogens with zero attached hydrogens (tertiary/aromatic N) is 1. The number of hydrogen-bond donors (Lipinski definition) is 0. The number of rotatable bonds is 2. The molecule has 0 radical (unpaired) electrons. The van der Waals surface area contributed by atoms with E-state index in [2.05, 4.69) is 6.07 Å². The van der Waals surface area contributed by atoms with Crippen molar-refractivity contribution >= 4 is 11.3 Å². The Morgan fingerprint density at radius 2 is 2.12 bits per heavy atom. The van der Waals surface area contributed by atoms with E-state index in [1.54, 1.807) is 18.2 Å². The standard InChI is InChI=1S/C12H8FNOS/c1-15-11-4-2-8(13)6-10(11)12-5-3-9(7-14)16-12/h2-6H,1H3. The number of methoxy groups -OCH3 is 1. The molecule has 1 aromatic heterocycles. The van der Waals surface area contributed by atoms with Crippen molar-refractivity contribution in [2.45, 2.75) is 0 Å². The Hall–Kier alpha value is -1.86. The monoisotopic (exact) mass is 233 g/mol. The molecule has 2 nitrogen and oxygen atoms in total. The predicted octanol–water partition coefficient (Wildman–Crippen LogP) is 3.43. The van der Waals surface area contributed by atoms with Gasteiger partial charge >= 0.3 is 0 Å². The topological polar surface area (TPSA) is 33.0 Å². The number of nitriles is 1. The highest BCUT2D eigenvalue weighted by molar-refractivity contribution is 7.16. The van der Waals surface area contributed by atoms with Crippen LogP contribution in [0, 0.1) is 17.1 Å². The quantitative estimate of drug-likeness (QED) is 0.796. The molecular formula is C12H8FNOS. The Morgan fingerprint density at radius 1 is 1.31 bits per heavy atom. The van der Waals surface area contributed by atoms with Crippen molar-refractivity contribution in [2.75, 3.05) is 7.11 Å². The molecule has 80 valence electrons. The summed E-state index contributed by atoms with van der Waals surface area (Å²) in [6.07, 6.45) is 0. The van der Waals surface area contributed by atoms with Crippen LogP contribution >= 0.6 is 11.3 Å². The molecule has 0 saturated heterocycles. The largest absolute Gasteiger partial charge is 0.496 e. The molecule has 0 N–H and O–H groups in total. The summed E-state index contributed by atoms with van der Waals surface area (Å²) in [5.74, 6) is 0.287. The van der Waals surface area contributed by atoms with Crippen molar-refractivity contribution in [3.05, 3.63) is 41.0 Å². The Kier molecular flexibility index (Phi) is 2.88. The lowest BCUT2D eigenvalue weighted by atomic mass is 10.1. The van der Waals surface area contributed by atoms with E-state index in [0.29, 0.717) is 16.2 Å². The minimum atomic E-state index is -0.317. The fraction of sp³-hybridized carbons (Fsp3) is 0.0833. The van der Waals surface area contributed by atoms with Crippen molar-refractivity contribution in [3.63, 3.8) is 0 Å². The first-order chi connectivity index (χ1) is 7.74. The normalized spacial score (nSPS) is 9.81. The lowest BCUT2D eigenvalue weighted by Crippen LogP contribution is -1.87. The maximum absolute atomic E-state index is 13.1. The molecule has 0 fully saturated rings. The zero-order valence-corrected chi connectivity index (χ0v) is 9.34. The van der Waals surface area contributed by atoms with Crippen molar-refractivity contribution in [3.8, 4) is 22.3 Å². The van der Waals surface area contributed by atoms with E-state index in [-0.39, 0.29) is 5.82 Å². The second-order valence-electron chi connectivity index (χ2n) is 3.12. The van der Waals surface area contributed by atoms with Crippen molar-refractivity contribution < 1.29 is 9.13 Å². The average Bonchev–Trinajstić information content (AvgIpc) is 2.77. The molecule has 0 amide bonds. The molecule has 1 heterocycles. The van der Waals surface area contributed by atoms with Gasteiger partial charge in [0, 0.05) is 10.4 Å². The molecule has 0 atom stereocenters. The van der Waals surface area contributed by atoms with E-state index >= 15 is 0 Å². The molecule has 2 rings (SSSR count). The molecule has 16 heavy (non-hydrogen) atoms. The molecule has 0 spiro atoms. The van der Waals surface area contributed by atoms with Gasteiger partial charge in [0.05, 0.1) is 7.11 Å². The van der Waals surface area contributed by atoms with Crippen LogP contribution in [0.2, 0.25) is 0 Å². The van der Waals surface area contributed by atoms with Gasteiger partial charge in [-0.15, -0.1) is 11.3 Å². The highest BCUT2D eigenvalue weighted by atomic mass is 32.1. The molecular weight excluding hydrogens is 225 g/mol. The molecule has 0 aliphatic rings. The predicted molar refractivity (Wildman–Crippen MR) is 61.0 cm³/mol. The number of halogens is 1. The SMILES string of the molecule is COc1ccc(F)cc1-c1ccc(C#N)s1. The van der Waals surface area contributed by atoms with Crippen LogP contribution in [0.25, 0.3) is 10.4 Å². The third kappa shape index (κ3) is 1.90. The Bertz CT molecular complexity index is 556. The summed E-state index contributed by atoms with van der Waals surface area (Å²) in [4.78, 5) is 1.43. The van der Waals surface area contributed by atoms with Gasteiger partial charge in [-0.05, 0) is 30.3 Å². The van der Waals surface area contributed by atoms with E-state index in [1.807, 2.05) is 0 Å². The third-order valence-corrected chi connectivity index (χ3v) is 3.17. The second-order valence-corrected chi connectivity index (χ2v) is 4.20. The van der Waals surface area contributed by atoms with E-state index < -0.39 is 0 Å². The summed E-state index contributed by atoms with van der Waals surface area (Å²) in [7, 11) is 1.54. The highest BCUT2D eigenvalue weighted by Gasteiger charge is 2.09. The number of thiophene rings is 1. The van der Waals surface area contributed by atoms with Crippen molar-refractivity contribution in [1.82, 2.24) is 0 Å². The van der Waals surface area contributed by atoms with Gasteiger partial charge in [0.1, 0.15) is 22.5 Å². The van der Waals surface area contributed by atoms with Crippen LogP contribution in [0.3, 0.4) is 0 Å². The van der Waals surface area contributed by atoms with E-state index in [4.69, 9.17) is 10.00 Å². The summed E-state index contributed by atoms with van der Waals surface area (Å²) in [6.45, 7) is 0. The summed E-state index contributed by atoms with van der Waals surface area (Å²) in [5, 5.41) is 8.73. The van der Waals surface area contributed by atoms with Gasteiger partial charge in [0.25, 0.3) is 0 Å². The summed E-state index contributed by atoms with van der Waals surface area (Å²) < 4.78 is 18.3. The zero-order valence-electron chi connectivity index (χ0n) is 8.53. The average molecular weight is 233 g/mol. The first-order valence-electron chi connectivity index (χ1n) is 4.58. The Morgan fingerprint density at radius 3 is 2.75 bits per heavy atom. The minimum absolute atomic E-state index is 0.317. The molecule has 0 aliphatic carbocycles. The van der Waals surface area contributed by atoms with E-state index in [0.717, 1.165) is 4.88 Å². The van der Waals surface area contributed by atoms with Crippen LogP contribution in [0.1, 0.15) is 4.88 Å². The van der Waals surface area contributed by atoms with Gasteiger partial charge in [0.2, 0.25) is 0 Å². The molecule has 0 aliphatic heterocycles. The maximum atomic E-state index is 13.1. The van der Waals surface area contributed by atoms with Crippen LogP contribution < -0.4 is 4.74 Å². The van der Waals surface area contributed by atoms with E-state index in [1.165, 1.54) is 30.6 Å². The first kappa shape index (κ1) is 10.7. The van der Waals surface area contributed by atoms with Gasteiger partial charge in [0.15, 0.2) is 0 Å². The molecule has 0 saturated carbocycles. The van der Waals surface area contributed by atoms with Crippen LogP contribution in [0.15, 0.2) is 30.3 Å². The highest BCUT2D eigenvalue weighted by Crippen LogP contribution is 2.35. The fourth-order valence-electron chi connectivity index (χ4n) is 1.42. The minimum Gasteiger partial charge on any atom is -0.496 e. The molecule has 0 bridgehead atoms. The number of hydrogen-bond acceptors (Lipinski definition) is 3. The summed E-state index contributed by atoms with van der Waals surface area (Å²) in [5.41, 5.74) is 0.675. The molecule has 1 aromatic carbocycles. The van der Waals surface area contributed by atoms with E-state index in [9.17, 15) is 4.39 Å². The Labute approximate surface area is 96.5 Å². The van der Waals surface area contributed by atoms with Crippen molar-refractivity contribution in [1.29, 1.82) is 5.26 Å². The summed E-state index contributed by atoms with van der Waals surface area (Å²) in [6, 6.07) is 9.89. The van der Waals surface area contributed by atoms with Gasteiger partial charge in [-0.3, -0.25) is 0 Å². The van der Waals surface area contributed by atoms with Crippen LogP contribution in [-0.4, -0.2) is 7.11 Å². The lowest BCUT2D eigenvalue weighted by molar-refractivity contribution is 0.415. The Balaban J connectivity index is 2.54. The molecule has 2 aromatic rings. The number of benzene rings is 1. The lowest BCUT2D eigenvalue weighted by Gasteiger charge is -2.06. The first-order valence-corrected chi connectivity index (χ1v) is 5.40. The van der Waals surface area contributed by atoms with Gasteiger partial charge in [-0.25, -0.2) is 4.39 Å². The number of ether oxygens (including phenoxy) is 1. The van der Waals surface area contributed by atoms with Gasteiger partial charge in [-0.1, -0.05) is 0 Å². The summed E-state index contributed by atoms with van der Waals surface area (Å²) >= 11 is 1.32. The van der Waals surface area contributed by atoms with Crippen LogP contribution in [0.4, 0.5) is 4.39 Å². The zero-order chi connectivity index (χ0) is 11.5.